The zero-order chi connectivity index (χ0) is 16.5. The number of rotatable bonds is 8. The third kappa shape index (κ3) is 5.39. The van der Waals surface area contributed by atoms with E-state index in [1.54, 1.807) is 0 Å². The Labute approximate surface area is 127 Å². The van der Waals surface area contributed by atoms with Crippen molar-refractivity contribution >= 4 is 23.3 Å². The number of ether oxygens (including phenoxy) is 1. The van der Waals surface area contributed by atoms with E-state index in [1.165, 1.54) is 6.07 Å². The minimum absolute atomic E-state index is 0.00983. The van der Waals surface area contributed by atoms with Gasteiger partial charge in [0, 0.05) is 18.7 Å². The lowest BCUT2D eigenvalue weighted by Gasteiger charge is -2.07. The minimum Gasteiger partial charge on any atom is -0.452 e. The summed E-state index contributed by atoms with van der Waals surface area (Å²) in [6.07, 6.45) is 2.93. The zero-order valence-corrected chi connectivity index (χ0v) is 12.3. The molecular formula is C14H19N3O5. The maximum absolute atomic E-state index is 11.8. The maximum atomic E-state index is 11.8. The molecule has 120 valence electrons. The van der Waals surface area contributed by atoms with Crippen molar-refractivity contribution < 1.29 is 19.2 Å². The lowest BCUT2D eigenvalue weighted by Crippen LogP contribution is -2.29. The second-order valence-electron chi connectivity index (χ2n) is 4.66. The molecule has 22 heavy (non-hydrogen) atoms. The van der Waals surface area contributed by atoms with E-state index in [9.17, 15) is 19.7 Å². The van der Waals surface area contributed by atoms with Crippen molar-refractivity contribution in [3.63, 3.8) is 0 Å². The van der Waals surface area contributed by atoms with Crippen LogP contribution in [0, 0.1) is 10.1 Å². The van der Waals surface area contributed by atoms with Gasteiger partial charge in [0.15, 0.2) is 6.61 Å². The van der Waals surface area contributed by atoms with Gasteiger partial charge >= 0.3 is 5.97 Å². The number of nitrogens with one attached hydrogen (secondary N) is 1. The number of hydrogen-bond acceptors (Lipinski definition) is 6. The molecule has 0 radical (unpaired) electrons. The van der Waals surface area contributed by atoms with E-state index in [0.717, 1.165) is 31.4 Å². The second-order valence-corrected chi connectivity index (χ2v) is 4.66. The fourth-order valence-corrected chi connectivity index (χ4v) is 1.71. The van der Waals surface area contributed by atoms with Crippen LogP contribution in [0.25, 0.3) is 0 Å². The molecule has 3 N–H and O–H groups in total. The predicted octanol–water partition coefficient (Wildman–Crippen LogP) is 1.64. The van der Waals surface area contributed by atoms with Crippen molar-refractivity contribution in [2.45, 2.75) is 26.2 Å². The van der Waals surface area contributed by atoms with E-state index < -0.39 is 23.4 Å². The summed E-state index contributed by atoms with van der Waals surface area (Å²) in [7, 11) is 0. The Bertz CT molecular complexity index is 559. The molecule has 0 saturated carbocycles. The van der Waals surface area contributed by atoms with E-state index in [-0.39, 0.29) is 16.9 Å². The van der Waals surface area contributed by atoms with Crippen LogP contribution in [0.5, 0.6) is 0 Å². The Morgan fingerprint density at radius 1 is 1.36 bits per heavy atom. The highest BCUT2D eigenvalue weighted by Crippen LogP contribution is 2.20. The van der Waals surface area contributed by atoms with Crippen molar-refractivity contribution in [1.29, 1.82) is 0 Å². The van der Waals surface area contributed by atoms with Gasteiger partial charge in [-0.15, -0.1) is 0 Å². The smallest absolute Gasteiger partial charge is 0.340 e. The molecular weight excluding hydrogens is 290 g/mol. The summed E-state index contributed by atoms with van der Waals surface area (Å²) in [5.74, 6) is -1.19. The molecule has 0 saturated heterocycles. The lowest BCUT2D eigenvalue weighted by molar-refractivity contribution is -0.384. The monoisotopic (exact) mass is 309 g/mol. The number of nitrogens with zero attached hydrogens (tertiary/aromatic N) is 1. The molecule has 0 atom stereocenters. The Kier molecular flexibility index (Phi) is 6.81. The topological polar surface area (TPSA) is 125 Å². The molecule has 8 nitrogen and oxygen atoms in total. The molecule has 0 bridgehead atoms. The molecule has 0 heterocycles. The first-order valence-electron chi connectivity index (χ1n) is 6.93. The summed E-state index contributed by atoms with van der Waals surface area (Å²) < 4.78 is 4.83. The summed E-state index contributed by atoms with van der Waals surface area (Å²) in [5, 5.41) is 13.2. The molecule has 1 aromatic rings. The molecule has 0 spiro atoms. The van der Waals surface area contributed by atoms with E-state index in [4.69, 9.17) is 10.5 Å². The van der Waals surface area contributed by atoms with Crippen LogP contribution >= 0.6 is 0 Å². The van der Waals surface area contributed by atoms with Crippen molar-refractivity contribution in [2.75, 3.05) is 18.9 Å². The average molecular weight is 309 g/mol. The molecule has 0 aliphatic carbocycles. The first kappa shape index (κ1) is 17.4. The number of amides is 1. The van der Waals surface area contributed by atoms with Crippen LogP contribution in [-0.2, 0) is 9.53 Å². The second kappa shape index (κ2) is 8.60. The summed E-state index contributed by atoms with van der Waals surface area (Å²) in [5.41, 5.74) is 5.28. The normalized spacial score (nSPS) is 10.0. The van der Waals surface area contributed by atoms with Gasteiger partial charge in [-0.3, -0.25) is 14.9 Å². The van der Waals surface area contributed by atoms with Gasteiger partial charge in [-0.1, -0.05) is 19.8 Å². The number of unbranched alkanes of at least 4 members (excludes halogenated alkanes) is 2. The van der Waals surface area contributed by atoms with Gasteiger partial charge in [-0.2, -0.15) is 0 Å². The predicted molar refractivity (Wildman–Crippen MR) is 80.3 cm³/mol. The van der Waals surface area contributed by atoms with Crippen molar-refractivity contribution in [2.24, 2.45) is 0 Å². The number of nitro benzene ring substituents is 1. The van der Waals surface area contributed by atoms with Gasteiger partial charge in [0.05, 0.1) is 16.2 Å². The highest BCUT2D eigenvalue weighted by Gasteiger charge is 2.16. The lowest BCUT2D eigenvalue weighted by atomic mass is 10.1. The van der Waals surface area contributed by atoms with E-state index in [2.05, 4.69) is 12.2 Å². The highest BCUT2D eigenvalue weighted by atomic mass is 16.6. The number of anilines is 1. The summed E-state index contributed by atoms with van der Waals surface area (Å²) >= 11 is 0. The maximum Gasteiger partial charge on any atom is 0.340 e. The van der Waals surface area contributed by atoms with Crippen molar-refractivity contribution in [3.8, 4) is 0 Å². The molecule has 1 rings (SSSR count). The fourth-order valence-electron chi connectivity index (χ4n) is 1.71. The Balaban J connectivity index is 2.48. The van der Waals surface area contributed by atoms with Gasteiger partial charge in [0.25, 0.3) is 11.6 Å². The Morgan fingerprint density at radius 3 is 2.68 bits per heavy atom. The molecule has 1 amide bonds. The molecule has 0 aliphatic rings. The van der Waals surface area contributed by atoms with Gasteiger partial charge in [0.1, 0.15) is 0 Å². The first-order valence-corrected chi connectivity index (χ1v) is 6.93. The average Bonchev–Trinajstić information content (AvgIpc) is 2.49. The third-order valence-corrected chi connectivity index (χ3v) is 2.90. The van der Waals surface area contributed by atoms with Gasteiger partial charge in [-0.05, 0) is 12.5 Å². The SMILES string of the molecule is CCCCCNC(=O)COC(=O)c1ccc([N+](=O)[O-])cc1N. The standard InChI is InChI=1S/C14H19N3O5/c1-2-3-4-7-16-13(18)9-22-14(19)11-6-5-10(17(20)21)8-12(11)15/h5-6,8H,2-4,7,9,15H2,1H3,(H,16,18). The van der Waals surface area contributed by atoms with Crippen molar-refractivity contribution in [3.05, 3.63) is 33.9 Å². The number of hydrogen-bond donors (Lipinski definition) is 2. The van der Waals surface area contributed by atoms with Crippen LogP contribution in [0.2, 0.25) is 0 Å². The number of carbonyl (C=O) groups is 2. The van der Waals surface area contributed by atoms with Crippen LogP contribution in [0.1, 0.15) is 36.5 Å². The van der Waals surface area contributed by atoms with Crippen molar-refractivity contribution in [1.82, 2.24) is 5.32 Å². The van der Waals surface area contributed by atoms with Gasteiger partial charge in [-0.25, -0.2) is 4.79 Å². The molecule has 0 aliphatic heterocycles. The van der Waals surface area contributed by atoms with E-state index in [1.807, 2.05) is 0 Å². The number of nitrogen functional groups attached to an aromatic ring is 1. The number of benzene rings is 1. The third-order valence-electron chi connectivity index (χ3n) is 2.90. The highest BCUT2D eigenvalue weighted by molar-refractivity contribution is 5.96. The number of carbonyl (C=O) groups excluding carboxylic acids is 2. The summed E-state index contributed by atoms with van der Waals surface area (Å²) in [6, 6.07) is 3.42. The van der Waals surface area contributed by atoms with E-state index >= 15 is 0 Å². The molecule has 0 fully saturated rings. The molecule has 1 aromatic carbocycles. The number of nitrogens with two attached hydrogens (primary N) is 1. The Hall–Kier alpha value is -2.64. The Morgan fingerprint density at radius 2 is 2.09 bits per heavy atom. The fraction of sp³-hybridized carbons (Fsp3) is 0.429. The van der Waals surface area contributed by atoms with E-state index in [0.29, 0.717) is 6.54 Å². The summed E-state index contributed by atoms with van der Waals surface area (Å²) in [6.45, 7) is 2.17. The first-order chi connectivity index (χ1) is 10.5. The molecule has 8 heteroatoms. The van der Waals surface area contributed by atoms with Crippen LogP contribution < -0.4 is 11.1 Å². The number of non-ortho nitro benzene ring substituents is 1. The molecule has 0 unspecified atom stereocenters. The van der Waals surface area contributed by atoms with Crippen LogP contribution in [0.15, 0.2) is 18.2 Å². The van der Waals surface area contributed by atoms with Crippen LogP contribution in [-0.4, -0.2) is 30.0 Å². The zero-order valence-electron chi connectivity index (χ0n) is 12.3. The molecule has 0 aromatic heterocycles. The number of nitro groups is 1. The number of esters is 1. The van der Waals surface area contributed by atoms with Gasteiger partial charge in [0.2, 0.25) is 0 Å². The summed E-state index contributed by atoms with van der Waals surface area (Å²) in [4.78, 5) is 33.2. The van der Waals surface area contributed by atoms with Crippen LogP contribution in [0.4, 0.5) is 11.4 Å². The van der Waals surface area contributed by atoms with Crippen LogP contribution in [0.3, 0.4) is 0 Å². The largest absolute Gasteiger partial charge is 0.452 e. The quantitative estimate of drug-likeness (QED) is 0.247. The minimum atomic E-state index is -0.795. The van der Waals surface area contributed by atoms with Gasteiger partial charge < -0.3 is 15.8 Å².